The molecule has 2 aromatic rings. The van der Waals surface area contributed by atoms with Crippen LogP contribution in [0.3, 0.4) is 0 Å². The summed E-state index contributed by atoms with van der Waals surface area (Å²) < 4.78 is 26.5. The number of likely N-dealkylation sites (N-methyl/N-ethyl adjacent to an activating group) is 1. The van der Waals surface area contributed by atoms with Gasteiger partial charge in [0.15, 0.2) is 0 Å². The Kier molecular flexibility index (Phi) is 5.14. The molecule has 1 N–H and O–H groups in total. The number of amides is 1. The number of nitro groups is 1. The number of non-ortho nitro benzene ring substituents is 1. The van der Waals surface area contributed by atoms with E-state index in [0.717, 1.165) is 4.31 Å². The minimum Gasteiger partial charge on any atom is -0.358 e. The third kappa shape index (κ3) is 3.69. The van der Waals surface area contributed by atoms with Crippen molar-refractivity contribution >= 4 is 27.3 Å². The largest absolute Gasteiger partial charge is 0.358 e. The molecule has 0 fully saturated rings. The number of hydrogen-bond donors (Lipinski definition) is 1. The molecule has 24 heavy (non-hydrogen) atoms. The summed E-state index contributed by atoms with van der Waals surface area (Å²) in [7, 11) is -2.60. The highest BCUT2D eigenvalue weighted by molar-refractivity contribution is 7.92. The van der Waals surface area contributed by atoms with Gasteiger partial charge in [-0.3, -0.25) is 19.2 Å². The Bertz CT molecular complexity index is 835. The number of benzene rings is 2. The summed E-state index contributed by atoms with van der Waals surface area (Å²) in [5, 5.41) is 13.1. The average molecular weight is 349 g/mol. The first kappa shape index (κ1) is 17.4. The molecular formula is C15H15N3O5S. The monoisotopic (exact) mass is 349 g/mol. The molecule has 0 saturated carbocycles. The molecule has 126 valence electrons. The fourth-order valence-electron chi connectivity index (χ4n) is 1.98. The number of nitro benzene ring substituents is 1. The molecule has 0 bridgehead atoms. The Balaban J connectivity index is 2.48. The molecule has 2 aromatic carbocycles. The van der Waals surface area contributed by atoms with Gasteiger partial charge in [0.25, 0.3) is 15.7 Å². The molecule has 0 aromatic heterocycles. The second-order valence-corrected chi connectivity index (χ2v) is 6.63. The van der Waals surface area contributed by atoms with Crippen LogP contribution in [0.15, 0.2) is 59.5 Å². The van der Waals surface area contributed by atoms with E-state index in [2.05, 4.69) is 5.32 Å². The normalized spacial score (nSPS) is 10.9. The van der Waals surface area contributed by atoms with Crippen LogP contribution in [0.25, 0.3) is 0 Å². The Hall–Kier alpha value is -2.94. The first-order valence-electron chi connectivity index (χ1n) is 6.89. The zero-order valence-electron chi connectivity index (χ0n) is 12.7. The van der Waals surface area contributed by atoms with Crippen molar-refractivity contribution < 1.29 is 18.1 Å². The van der Waals surface area contributed by atoms with E-state index in [0.29, 0.717) is 0 Å². The molecule has 8 nitrogen and oxygen atoms in total. The molecular weight excluding hydrogens is 334 g/mol. The van der Waals surface area contributed by atoms with Crippen molar-refractivity contribution in [3.05, 3.63) is 64.7 Å². The lowest BCUT2D eigenvalue weighted by atomic mass is 10.3. The summed E-state index contributed by atoms with van der Waals surface area (Å²) in [6.45, 7) is -0.439. The van der Waals surface area contributed by atoms with Gasteiger partial charge >= 0.3 is 0 Å². The molecule has 0 saturated heterocycles. The SMILES string of the molecule is CNC(=O)CN(c1ccc([N+](=O)[O-])cc1)S(=O)(=O)c1ccccc1. The molecule has 0 aliphatic rings. The molecule has 0 radical (unpaired) electrons. The Morgan fingerprint density at radius 1 is 1.12 bits per heavy atom. The maximum atomic E-state index is 12.8. The van der Waals surface area contributed by atoms with Crippen molar-refractivity contribution in [3.8, 4) is 0 Å². The van der Waals surface area contributed by atoms with Gasteiger partial charge in [-0.25, -0.2) is 8.42 Å². The first-order valence-corrected chi connectivity index (χ1v) is 8.33. The number of rotatable bonds is 6. The summed E-state index contributed by atoms with van der Waals surface area (Å²) in [6.07, 6.45) is 0. The molecule has 1 amide bonds. The summed E-state index contributed by atoms with van der Waals surface area (Å²) in [5.74, 6) is -0.507. The summed E-state index contributed by atoms with van der Waals surface area (Å²) in [6, 6.07) is 12.6. The van der Waals surface area contributed by atoms with Crippen LogP contribution in [-0.2, 0) is 14.8 Å². The van der Waals surface area contributed by atoms with Gasteiger partial charge in [0.1, 0.15) is 6.54 Å². The molecule has 0 spiro atoms. The second-order valence-electron chi connectivity index (χ2n) is 4.77. The van der Waals surface area contributed by atoms with Gasteiger partial charge in [0.2, 0.25) is 5.91 Å². The summed E-state index contributed by atoms with van der Waals surface area (Å²) >= 11 is 0. The van der Waals surface area contributed by atoms with Gasteiger partial charge in [-0.05, 0) is 24.3 Å². The molecule has 0 heterocycles. The number of anilines is 1. The van der Waals surface area contributed by atoms with Gasteiger partial charge in [0, 0.05) is 19.2 Å². The van der Waals surface area contributed by atoms with Crippen LogP contribution in [0.4, 0.5) is 11.4 Å². The summed E-state index contributed by atoms with van der Waals surface area (Å²) in [4.78, 5) is 21.9. The smallest absolute Gasteiger partial charge is 0.269 e. The van der Waals surface area contributed by atoms with Gasteiger partial charge < -0.3 is 5.32 Å². The van der Waals surface area contributed by atoms with Crippen molar-refractivity contribution in [2.45, 2.75) is 4.90 Å². The zero-order chi connectivity index (χ0) is 17.7. The highest BCUT2D eigenvalue weighted by Crippen LogP contribution is 2.25. The van der Waals surface area contributed by atoms with Crippen molar-refractivity contribution in [3.63, 3.8) is 0 Å². The molecule has 9 heteroatoms. The maximum Gasteiger partial charge on any atom is 0.269 e. The Morgan fingerprint density at radius 3 is 2.21 bits per heavy atom. The lowest BCUT2D eigenvalue weighted by Gasteiger charge is -2.23. The lowest BCUT2D eigenvalue weighted by Crippen LogP contribution is -2.39. The third-order valence-corrected chi connectivity index (χ3v) is 5.03. The van der Waals surface area contributed by atoms with E-state index >= 15 is 0 Å². The van der Waals surface area contributed by atoms with Crippen LogP contribution in [0.1, 0.15) is 0 Å². The van der Waals surface area contributed by atoms with E-state index in [1.807, 2.05) is 0 Å². The lowest BCUT2D eigenvalue weighted by molar-refractivity contribution is -0.384. The van der Waals surface area contributed by atoms with Crippen LogP contribution in [0.5, 0.6) is 0 Å². The zero-order valence-corrected chi connectivity index (χ0v) is 13.6. The molecule has 0 atom stereocenters. The van der Waals surface area contributed by atoms with Gasteiger partial charge in [-0.1, -0.05) is 18.2 Å². The average Bonchev–Trinajstić information content (AvgIpc) is 2.60. The van der Waals surface area contributed by atoms with Gasteiger partial charge in [0.05, 0.1) is 15.5 Å². The third-order valence-electron chi connectivity index (χ3n) is 3.25. The van der Waals surface area contributed by atoms with Crippen LogP contribution >= 0.6 is 0 Å². The van der Waals surface area contributed by atoms with Crippen LogP contribution in [-0.4, -0.2) is 32.8 Å². The number of carbonyl (C=O) groups excluding carboxylic acids is 1. The standard InChI is InChI=1S/C15H15N3O5S/c1-16-15(19)11-17(12-7-9-13(10-8-12)18(20)21)24(22,23)14-5-3-2-4-6-14/h2-10H,11H2,1H3,(H,16,19). The van der Waals surface area contributed by atoms with Crippen molar-refractivity contribution in [1.82, 2.24) is 5.32 Å². The quantitative estimate of drug-likeness (QED) is 0.628. The molecule has 0 unspecified atom stereocenters. The fraction of sp³-hybridized carbons (Fsp3) is 0.133. The van der Waals surface area contributed by atoms with E-state index in [1.165, 1.54) is 43.4 Å². The number of carbonyl (C=O) groups is 1. The molecule has 0 aliphatic carbocycles. The van der Waals surface area contributed by atoms with E-state index < -0.39 is 27.4 Å². The van der Waals surface area contributed by atoms with Crippen LogP contribution < -0.4 is 9.62 Å². The number of sulfonamides is 1. The Labute approximate surface area is 138 Å². The topological polar surface area (TPSA) is 110 Å². The van der Waals surface area contributed by atoms with Crippen molar-refractivity contribution in [2.75, 3.05) is 17.9 Å². The van der Waals surface area contributed by atoms with Gasteiger partial charge in [-0.15, -0.1) is 0 Å². The van der Waals surface area contributed by atoms with Crippen LogP contribution in [0.2, 0.25) is 0 Å². The van der Waals surface area contributed by atoms with Gasteiger partial charge in [-0.2, -0.15) is 0 Å². The Morgan fingerprint density at radius 2 is 1.71 bits per heavy atom. The summed E-state index contributed by atoms with van der Waals surface area (Å²) in [5.41, 5.74) is -0.0104. The highest BCUT2D eigenvalue weighted by Gasteiger charge is 2.27. The fourth-order valence-corrected chi connectivity index (χ4v) is 3.43. The molecule has 0 aliphatic heterocycles. The number of hydrogen-bond acceptors (Lipinski definition) is 5. The van der Waals surface area contributed by atoms with E-state index in [4.69, 9.17) is 0 Å². The minimum atomic E-state index is -3.99. The molecule has 2 rings (SSSR count). The maximum absolute atomic E-state index is 12.8. The highest BCUT2D eigenvalue weighted by atomic mass is 32.2. The number of nitrogens with one attached hydrogen (secondary N) is 1. The predicted molar refractivity (Wildman–Crippen MR) is 88.1 cm³/mol. The predicted octanol–water partition coefficient (Wildman–Crippen LogP) is 1.54. The number of nitrogens with zero attached hydrogens (tertiary/aromatic N) is 2. The second kappa shape index (κ2) is 7.09. The first-order chi connectivity index (χ1) is 11.4. The van der Waals surface area contributed by atoms with E-state index in [1.54, 1.807) is 18.2 Å². The van der Waals surface area contributed by atoms with E-state index in [9.17, 15) is 23.3 Å². The van der Waals surface area contributed by atoms with Crippen molar-refractivity contribution in [2.24, 2.45) is 0 Å². The van der Waals surface area contributed by atoms with Crippen LogP contribution in [0, 0.1) is 10.1 Å². The van der Waals surface area contributed by atoms with E-state index in [-0.39, 0.29) is 16.3 Å². The van der Waals surface area contributed by atoms with Crippen molar-refractivity contribution in [1.29, 1.82) is 0 Å². The minimum absolute atomic E-state index is 0.0206.